The molecule has 13 heteroatoms. The van der Waals surface area contributed by atoms with Crippen LogP contribution in [0.1, 0.15) is 21.5 Å². The normalized spacial score (nSPS) is 12.0. The molecule has 0 fully saturated rings. The summed E-state index contributed by atoms with van der Waals surface area (Å²) in [6.45, 7) is 1.54. The van der Waals surface area contributed by atoms with Crippen molar-refractivity contribution in [2.24, 2.45) is 0 Å². The number of hydrogen-bond donors (Lipinski definition) is 6. The Labute approximate surface area is 178 Å². The highest BCUT2D eigenvalue weighted by Crippen LogP contribution is 2.42. The predicted octanol–water partition coefficient (Wildman–Crippen LogP) is 1.48. The zero-order valence-corrected chi connectivity index (χ0v) is 17.5. The average molecular weight is 540 g/mol. The lowest BCUT2D eigenvalue weighted by atomic mass is 9.98. The van der Waals surface area contributed by atoms with E-state index >= 15 is 0 Å². The molecule has 156 valence electrons. The van der Waals surface area contributed by atoms with Gasteiger partial charge in [0, 0.05) is 10.0 Å². The van der Waals surface area contributed by atoms with E-state index in [0.717, 1.165) is 18.2 Å². The lowest BCUT2D eigenvalue weighted by Crippen LogP contribution is -2.59. The maximum absolute atomic E-state index is 13.6. The fourth-order valence-electron chi connectivity index (χ4n) is 2.34. The first-order valence-electron chi connectivity index (χ1n) is 7.54. The Morgan fingerprint density at radius 3 is 2.28 bits per heavy atom. The fourth-order valence-corrected chi connectivity index (χ4v) is 3.96. The minimum atomic E-state index is -4.09. The SMILES string of the molecule is Cc1ccc(F)cc1C(=O)c1c(Br)cc(NC(O)(O)C(O)(O)O)c([N+](=O)[O-])c1Br. The van der Waals surface area contributed by atoms with E-state index in [-0.39, 0.29) is 15.6 Å². The number of carbonyl (C=O) groups is 1. The number of ketones is 1. The van der Waals surface area contributed by atoms with Crippen LogP contribution in [0.5, 0.6) is 0 Å². The molecule has 0 aliphatic rings. The van der Waals surface area contributed by atoms with Crippen LogP contribution in [0.25, 0.3) is 0 Å². The van der Waals surface area contributed by atoms with E-state index in [2.05, 4.69) is 31.9 Å². The molecule has 29 heavy (non-hydrogen) atoms. The number of anilines is 1. The summed E-state index contributed by atoms with van der Waals surface area (Å²) in [5.41, 5.74) is -1.55. The van der Waals surface area contributed by atoms with Crippen molar-refractivity contribution in [3.8, 4) is 0 Å². The van der Waals surface area contributed by atoms with Crippen LogP contribution in [-0.4, -0.2) is 48.1 Å². The van der Waals surface area contributed by atoms with Crippen molar-refractivity contribution in [3.05, 3.63) is 65.8 Å². The van der Waals surface area contributed by atoms with E-state index in [0.29, 0.717) is 5.56 Å². The molecule has 0 aliphatic heterocycles. The van der Waals surface area contributed by atoms with Gasteiger partial charge in [-0.05, 0) is 62.5 Å². The monoisotopic (exact) mass is 538 g/mol. The topological polar surface area (TPSA) is 173 Å². The van der Waals surface area contributed by atoms with Crippen LogP contribution in [-0.2, 0) is 0 Å². The zero-order valence-electron chi connectivity index (χ0n) is 14.4. The van der Waals surface area contributed by atoms with Crippen molar-refractivity contribution in [2.45, 2.75) is 18.8 Å². The summed E-state index contributed by atoms with van der Waals surface area (Å²) in [6, 6.07) is 4.32. The molecule has 0 unspecified atom stereocenters. The second kappa shape index (κ2) is 8.02. The molecule has 0 spiro atoms. The van der Waals surface area contributed by atoms with Gasteiger partial charge in [-0.15, -0.1) is 0 Å². The van der Waals surface area contributed by atoms with E-state index < -0.39 is 44.3 Å². The Morgan fingerprint density at radius 2 is 1.76 bits per heavy atom. The number of aliphatic hydroxyl groups is 5. The number of benzene rings is 2. The number of halogens is 3. The molecule has 2 rings (SSSR count). The minimum absolute atomic E-state index is 0.0693. The standard InChI is InChI=1S/C16H13Br2FN2O8/c1-6-2-3-7(19)4-8(6)14(22)11-9(17)5-10(13(12(11)18)21(28)29)20-15(23,24)16(25,26)27/h2-5,20,23-27H,1H3. The van der Waals surface area contributed by atoms with E-state index in [4.69, 9.17) is 15.3 Å². The van der Waals surface area contributed by atoms with Gasteiger partial charge in [-0.1, -0.05) is 6.07 Å². The average Bonchev–Trinajstić information content (AvgIpc) is 2.54. The Kier molecular flexibility index (Phi) is 6.44. The van der Waals surface area contributed by atoms with Crippen LogP contribution in [0.15, 0.2) is 33.2 Å². The predicted molar refractivity (Wildman–Crippen MR) is 103 cm³/mol. The number of nitro benzene ring substituents is 1. The molecule has 0 saturated carbocycles. The third-order valence-electron chi connectivity index (χ3n) is 3.82. The highest BCUT2D eigenvalue weighted by Gasteiger charge is 2.48. The van der Waals surface area contributed by atoms with Gasteiger partial charge in [-0.25, -0.2) is 4.39 Å². The Bertz CT molecular complexity index is 1010. The number of nitrogens with zero attached hydrogens (tertiary/aromatic N) is 1. The molecule has 10 nitrogen and oxygen atoms in total. The van der Waals surface area contributed by atoms with Crippen LogP contribution >= 0.6 is 31.9 Å². The maximum atomic E-state index is 13.6. The van der Waals surface area contributed by atoms with Crippen LogP contribution in [0.4, 0.5) is 15.8 Å². The third-order valence-corrected chi connectivity index (χ3v) is 5.22. The van der Waals surface area contributed by atoms with Crippen molar-refractivity contribution in [1.82, 2.24) is 0 Å². The lowest BCUT2D eigenvalue weighted by Gasteiger charge is -2.31. The molecular formula is C16H13Br2FN2O8. The van der Waals surface area contributed by atoms with E-state index in [1.54, 1.807) is 5.32 Å². The molecule has 2 aromatic rings. The number of nitro groups is 1. The smallest absolute Gasteiger partial charge is 0.343 e. The van der Waals surface area contributed by atoms with Crippen molar-refractivity contribution in [3.63, 3.8) is 0 Å². The van der Waals surface area contributed by atoms with Gasteiger partial charge < -0.3 is 30.8 Å². The number of aryl methyl sites for hydroxylation is 1. The van der Waals surface area contributed by atoms with Crippen molar-refractivity contribution >= 4 is 49.0 Å². The summed E-state index contributed by atoms with van der Waals surface area (Å²) in [7, 11) is 0. The van der Waals surface area contributed by atoms with Crippen molar-refractivity contribution in [2.75, 3.05) is 5.32 Å². The molecule has 0 heterocycles. The summed E-state index contributed by atoms with van der Waals surface area (Å²) < 4.78 is 13.0. The molecule has 0 aliphatic carbocycles. The van der Waals surface area contributed by atoms with Crippen molar-refractivity contribution in [1.29, 1.82) is 0 Å². The number of carbonyl (C=O) groups excluding carboxylic acids is 1. The van der Waals surface area contributed by atoms with Gasteiger partial charge in [-0.2, -0.15) is 0 Å². The zero-order chi connectivity index (χ0) is 22.3. The van der Waals surface area contributed by atoms with Crippen molar-refractivity contribution < 1.29 is 39.6 Å². The molecule has 6 N–H and O–H groups in total. The van der Waals surface area contributed by atoms with Gasteiger partial charge in [0.1, 0.15) is 16.0 Å². The van der Waals surface area contributed by atoms with Crippen LogP contribution < -0.4 is 5.32 Å². The highest BCUT2D eigenvalue weighted by molar-refractivity contribution is 9.11. The van der Waals surface area contributed by atoms with E-state index in [1.807, 2.05) is 0 Å². The summed E-state index contributed by atoms with van der Waals surface area (Å²) in [5.74, 6) is -9.39. The second-order valence-electron chi connectivity index (χ2n) is 5.92. The van der Waals surface area contributed by atoms with Crippen LogP contribution in [0.3, 0.4) is 0 Å². The third kappa shape index (κ3) is 4.61. The lowest BCUT2D eigenvalue weighted by molar-refractivity contribution is -0.436. The molecular weight excluding hydrogens is 527 g/mol. The van der Waals surface area contributed by atoms with E-state index in [9.17, 15) is 29.5 Å². The molecule has 0 amide bonds. The Hall–Kier alpha value is -2.00. The first-order chi connectivity index (χ1) is 13.2. The van der Waals surface area contributed by atoms with Gasteiger partial charge in [0.05, 0.1) is 10.5 Å². The van der Waals surface area contributed by atoms with Gasteiger partial charge in [0.25, 0.3) is 0 Å². The van der Waals surface area contributed by atoms with Gasteiger partial charge in [-0.3, -0.25) is 14.9 Å². The van der Waals surface area contributed by atoms with Crippen LogP contribution in [0, 0.1) is 22.9 Å². The molecule has 0 atom stereocenters. The largest absolute Gasteiger partial charge is 0.355 e. The Balaban J connectivity index is 2.69. The van der Waals surface area contributed by atoms with Gasteiger partial charge in [0.2, 0.25) is 0 Å². The summed E-state index contributed by atoms with van der Waals surface area (Å²) in [4.78, 5) is 23.4. The molecule has 2 aromatic carbocycles. The Morgan fingerprint density at radius 1 is 1.17 bits per heavy atom. The highest BCUT2D eigenvalue weighted by atomic mass is 79.9. The molecule has 0 saturated heterocycles. The van der Waals surface area contributed by atoms with Gasteiger partial charge >= 0.3 is 17.6 Å². The maximum Gasteiger partial charge on any atom is 0.355 e. The van der Waals surface area contributed by atoms with Gasteiger partial charge in [0.15, 0.2) is 5.78 Å². The number of hydrogen-bond acceptors (Lipinski definition) is 9. The summed E-state index contributed by atoms with van der Waals surface area (Å²) >= 11 is 5.93. The molecule has 0 radical (unpaired) electrons. The quantitative estimate of drug-likeness (QED) is 0.137. The summed E-state index contributed by atoms with van der Waals surface area (Å²) in [5, 5.41) is 59.2. The van der Waals surface area contributed by atoms with Crippen LogP contribution in [0.2, 0.25) is 0 Å². The first-order valence-corrected chi connectivity index (χ1v) is 9.13. The molecule has 0 bridgehead atoms. The number of rotatable bonds is 6. The fraction of sp³-hybridized carbons (Fsp3) is 0.188. The first kappa shape index (κ1) is 23.3. The number of nitrogens with one attached hydrogen (secondary N) is 1. The summed E-state index contributed by atoms with van der Waals surface area (Å²) in [6.07, 6.45) is 0. The minimum Gasteiger partial charge on any atom is -0.343 e. The molecule has 0 aromatic heterocycles. The second-order valence-corrected chi connectivity index (χ2v) is 7.57. The van der Waals surface area contributed by atoms with E-state index in [1.165, 1.54) is 13.0 Å².